The van der Waals surface area contributed by atoms with Crippen molar-refractivity contribution in [2.45, 2.75) is 58.7 Å². The van der Waals surface area contributed by atoms with E-state index in [1.807, 2.05) is 0 Å². The zero-order valence-corrected chi connectivity index (χ0v) is 15.0. The maximum absolute atomic E-state index is 10.0. The van der Waals surface area contributed by atoms with Gasteiger partial charge in [0.2, 0.25) is 0 Å². The van der Waals surface area contributed by atoms with Crippen molar-refractivity contribution in [2.75, 3.05) is 19.6 Å². The Bertz CT molecular complexity index is 435. The summed E-state index contributed by atoms with van der Waals surface area (Å²) in [5.74, 6) is 1.30. The summed E-state index contributed by atoms with van der Waals surface area (Å²) in [6.07, 6.45) is 2.84. The Morgan fingerprint density at radius 2 is 1.96 bits per heavy atom. The van der Waals surface area contributed by atoms with Gasteiger partial charge in [0.25, 0.3) is 0 Å². The number of rotatable bonds is 8. The van der Waals surface area contributed by atoms with E-state index in [4.69, 9.17) is 0 Å². The van der Waals surface area contributed by atoms with Crippen LogP contribution in [0.15, 0.2) is 30.3 Å². The topological polar surface area (TPSA) is 35.5 Å². The molecule has 3 atom stereocenters. The van der Waals surface area contributed by atoms with E-state index in [1.54, 1.807) is 0 Å². The molecule has 3 heteroatoms. The number of aliphatic hydroxyl groups is 1. The predicted molar refractivity (Wildman–Crippen MR) is 97.4 cm³/mol. The summed E-state index contributed by atoms with van der Waals surface area (Å²) in [4.78, 5) is 2.59. The number of benzene rings is 1. The van der Waals surface area contributed by atoms with Gasteiger partial charge in [-0.15, -0.1) is 0 Å². The minimum absolute atomic E-state index is 0.145. The molecule has 0 aromatic heterocycles. The van der Waals surface area contributed by atoms with Crippen LogP contribution in [0.4, 0.5) is 0 Å². The normalized spacial score (nSPS) is 24.0. The lowest BCUT2D eigenvalue weighted by atomic mass is 9.88. The maximum atomic E-state index is 10.0. The van der Waals surface area contributed by atoms with Crippen molar-refractivity contribution in [3.63, 3.8) is 0 Å². The van der Waals surface area contributed by atoms with Crippen molar-refractivity contribution in [1.29, 1.82) is 0 Å². The molecule has 2 rings (SSSR count). The zero-order valence-electron chi connectivity index (χ0n) is 15.0. The van der Waals surface area contributed by atoms with Crippen LogP contribution in [0.3, 0.4) is 0 Å². The molecule has 0 amide bonds. The Morgan fingerprint density at radius 3 is 2.61 bits per heavy atom. The second kappa shape index (κ2) is 9.41. The van der Waals surface area contributed by atoms with Crippen molar-refractivity contribution in [3.8, 4) is 0 Å². The number of piperidine rings is 1. The number of hydrogen-bond acceptors (Lipinski definition) is 3. The Morgan fingerprint density at radius 1 is 1.22 bits per heavy atom. The monoisotopic (exact) mass is 318 g/mol. The fourth-order valence-corrected chi connectivity index (χ4v) is 3.70. The van der Waals surface area contributed by atoms with E-state index < -0.39 is 0 Å². The maximum Gasteiger partial charge on any atom is 0.0540 e. The highest BCUT2D eigenvalue weighted by Gasteiger charge is 2.28. The van der Waals surface area contributed by atoms with Gasteiger partial charge in [0.15, 0.2) is 0 Å². The molecule has 0 radical (unpaired) electrons. The van der Waals surface area contributed by atoms with Crippen LogP contribution >= 0.6 is 0 Å². The molecule has 1 aliphatic heterocycles. The fraction of sp³-hybridized carbons (Fsp3) is 0.700. The van der Waals surface area contributed by atoms with Crippen LogP contribution in [0.1, 0.15) is 45.6 Å². The second-order valence-electron chi connectivity index (χ2n) is 7.58. The largest absolute Gasteiger partial charge is 0.393 e. The van der Waals surface area contributed by atoms with E-state index in [9.17, 15) is 5.11 Å². The third kappa shape index (κ3) is 6.62. The average Bonchev–Trinajstić information content (AvgIpc) is 2.53. The minimum Gasteiger partial charge on any atom is -0.393 e. The number of hydrogen-bond donors (Lipinski definition) is 2. The summed E-state index contributed by atoms with van der Waals surface area (Å²) in [6.45, 7) is 11.0. The fourth-order valence-electron chi connectivity index (χ4n) is 3.70. The third-order valence-corrected chi connectivity index (χ3v) is 4.75. The van der Waals surface area contributed by atoms with Gasteiger partial charge in [-0.3, -0.25) is 0 Å². The van der Waals surface area contributed by atoms with Gasteiger partial charge < -0.3 is 15.3 Å². The molecular formula is C20H34N2O. The number of nitrogens with one attached hydrogen (secondary N) is 1. The number of likely N-dealkylation sites (tertiary alicyclic amines) is 1. The van der Waals surface area contributed by atoms with E-state index in [-0.39, 0.29) is 6.10 Å². The molecule has 1 aromatic rings. The summed E-state index contributed by atoms with van der Waals surface area (Å²) >= 11 is 0. The molecular weight excluding hydrogens is 284 g/mol. The molecule has 1 aliphatic rings. The molecule has 2 N–H and O–H groups in total. The van der Waals surface area contributed by atoms with Crippen LogP contribution in [0, 0.1) is 11.8 Å². The predicted octanol–water partition coefficient (Wildman–Crippen LogP) is 3.28. The summed E-state index contributed by atoms with van der Waals surface area (Å²) < 4.78 is 0. The van der Waals surface area contributed by atoms with Crippen LogP contribution in [0.2, 0.25) is 0 Å². The van der Waals surface area contributed by atoms with Crippen molar-refractivity contribution in [1.82, 2.24) is 10.2 Å². The summed E-state index contributed by atoms with van der Waals surface area (Å²) in [5, 5.41) is 13.8. The smallest absolute Gasteiger partial charge is 0.0540 e. The van der Waals surface area contributed by atoms with E-state index in [1.165, 1.54) is 12.0 Å². The second-order valence-corrected chi connectivity index (χ2v) is 7.58. The molecule has 1 fully saturated rings. The van der Waals surface area contributed by atoms with E-state index in [0.29, 0.717) is 17.9 Å². The minimum atomic E-state index is -0.145. The van der Waals surface area contributed by atoms with Crippen LogP contribution in [-0.4, -0.2) is 41.8 Å². The first-order chi connectivity index (χ1) is 11.1. The van der Waals surface area contributed by atoms with Gasteiger partial charge in [-0.2, -0.15) is 0 Å². The van der Waals surface area contributed by atoms with Crippen molar-refractivity contribution in [3.05, 3.63) is 35.9 Å². The van der Waals surface area contributed by atoms with Crippen LogP contribution in [-0.2, 0) is 6.54 Å². The summed E-state index contributed by atoms with van der Waals surface area (Å²) in [5.41, 5.74) is 1.35. The number of aliphatic hydroxyl groups excluding tert-OH is 1. The highest BCUT2D eigenvalue weighted by Crippen LogP contribution is 2.23. The Balaban J connectivity index is 1.90. The van der Waals surface area contributed by atoms with E-state index in [0.717, 1.165) is 39.0 Å². The van der Waals surface area contributed by atoms with Gasteiger partial charge in [0.05, 0.1) is 6.10 Å². The molecule has 3 nitrogen and oxygen atoms in total. The van der Waals surface area contributed by atoms with Crippen molar-refractivity contribution >= 4 is 0 Å². The van der Waals surface area contributed by atoms with Gasteiger partial charge >= 0.3 is 0 Å². The van der Waals surface area contributed by atoms with Gasteiger partial charge in [0.1, 0.15) is 0 Å². The Labute approximate surface area is 142 Å². The van der Waals surface area contributed by atoms with E-state index in [2.05, 4.69) is 61.3 Å². The quantitative estimate of drug-likeness (QED) is 0.772. The van der Waals surface area contributed by atoms with E-state index >= 15 is 0 Å². The molecule has 23 heavy (non-hydrogen) atoms. The Hall–Kier alpha value is -0.900. The first-order valence-electron chi connectivity index (χ1n) is 9.24. The average molecular weight is 319 g/mol. The van der Waals surface area contributed by atoms with Crippen LogP contribution in [0.5, 0.6) is 0 Å². The third-order valence-electron chi connectivity index (χ3n) is 4.75. The highest BCUT2D eigenvalue weighted by atomic mass is 16.3. The molecule has 1 saturated heterocycles. The lowest BCUT2D eigenvalue weighted by Gasteiger charge is -2.39. The van der Waals surface area contributed by atoms with Crippen LogP contribution < -0.4 is 5.32 Å². The molecule has 0 saturated carbocycles. The summed E-state index contributed by atoms with van der Waals surface area (Å²) in [7, 11) is 0. The van der Waals surface area contributed by atoms with Crippen molar-refractivity contribution in [2.24, 2.45) is 11.8 Å². The molecule has 3 unspecified atom stereocenters. The number of nitrogens with zero attached hydrogens (tertiary/aromatic N) is 1. The molecule has 0 bridgehead atoms. The molecule has 130 valence electrons. The van der Waals surface area contributed by atoms with Crippen molar-refractivity contribution < 1.29 is 5.11 Å². The van der Waals surface area contributed by atoms with Gasteiger partial charge in [-0.1, -0.05) is 51.1 Å². The molecule has 0 spiro atoms. The molecule has 1 heterocycles. The zero-order chi connectivity index (χ0) is 16.7. The lowest BCUT2D eigenvalue weighted by molar-refractivity contribution is 0.0782. The van der Waals surface area contributed by atoms with Gasteiger partial charge in [-0.25, -0.2) is 0 Å². The van der Waals surface area contributed by atoms with Gasteiger partial charge in [-0.05, 0) is 36.7 Å². The first kappa shape index (κ1) is 18.4. The van der Waals surface area contributed by atoms with Gasteiger partial charge in [0, 0.05) is 32.2 Å². The highest BCUT2D eigenvalue weighted by molar-refractivity contribution is 5.14. The first-order valence-corrected chi connectivity index (χ1v) is 9.24. The standard InChI is InChI=1S/C20H34N2O/c1-4-20(23)11-18-10-19(15-22(14-18)13-16(2)3)21-12-17-8-6-5-7-9-17/h5-9,16,18-21,23H,4,10-15H2,1-3H3. The summed E-state index contributed by atoms with van der Waals surface area (Å²) in [6, 6.07) is 11.2. The molecule has 1 aromatic carbocycles. The Kier molecular flexibility index (Phi) is 7.54. The van der Waals surface area contributed by atoms with Crippen LogP contribution in [0.25, 0.3) is 0 Å². The SMILES string of the molecule is CCC(O)CC1CC(NCc2ccccc2)CN(CC(C)C)C1. The molecule has 0 aliphatic carbocycles. The lowest BCUT2D eigenvalue weighted by Crippen LogP contribution is -2.50.